The fourth-order valence-electron chi connectivity index (χ4n) is 1.06. The number of hydrogen-bond donors (Lipinski definition) is 1. The highest BCUT2D eigenvalue weighted by atomic mass is 32.2. The first-order valence-corrected chi connectivity index (χ1v) is 4.50. The predicted molar refractivity (Wildman–Crippen MR) is 44.3 cm³/mol. The van der Waals surface area contributed by atoms with Crippen LogP contribution in [0.3, 0.4) is 0 Å². The third-order valence-corrected chi connectivity index (χ3v) is 2.81. The Morgan fingerprint density at radius 2 is 2.36 bits per heavy atom. The Bertz CT molecular complexity index is 193. The van der Waals surface area contributed by atoms with Crippen LogP contribution in [-0.4, -0.2) is 22.3 Å². The smallest absolute Gasteiger partial charge is 0.235 e. The van der Waals surface area contributed by atoms with Gasteiger partial charge in [0.1, 0.15) is 5.25 Å². The van der Waals surface area contributed by atoms with Crippen molar-refractivity contribution in [3.63, 3.8) is 0 Å². The van der Waals surface area contributed by atoms with Crippen LogP contribution >= 0.6 is 11.8 Å². The molecule has 0 aromatic carbocycles. The number of rotatable bonds is 2. The normalized spacial score (nSPS) is 29.1. The van der Waals surface area contributed by atoms with Crippen LogP contribution in [0.25, 0.3) is 0 Å². The van der Waals surface area contributed by atoms with Crippen LogP contribution in [0.2, 0.25) is 0 Å². The molecule has 0 spiro atoms. The van der Waals surface area contributed by atoms with E-state index in [1.165, 1.54) is 6.92 Å². The molecule has 1 rings (SSSR count). The minimum Gasteiger partial charge on any atom is -0.351 e. The van der Waals surface area contributed by atoms with E-state index in [4.69, 9.17) is 0 Å². The molecule has 0 radical (unpaired) electrons. The van der Waals surface area contributed by atoms with Gasteiger partial charge in [-0.25, -0.2) is 0 Å². The van der Waals surface area contributed by atoms with E-state index in [9.17, 15) is 9.59 Å². The minimum atomic E-state index is -0.127. The van der Waals surface area contributed by atoms with Crippen molar-refractivity contribution in [2.75, 3.05) is 0 Å². The zero-order valence-corrected chi connectivity index (χ0v) is 7.40. The van der Waals surface area contributed by atoms with Crippen molar-refractivity contribution in [3.05, 3.63) is 0 Å². The summed E-state index contributed by atoms with van der Waals surface area (Å²) in [5.74, 6) is -0.00273. The van der Waals surface area contributed by atoms with Crippen molar-refractivity contribution in [2.45, 2.75) is 31.6 Å². The molecular weight excluding hydrogens is 162 g/mol. The third kappa shape index (κ3) is 1.74. The maximum Gasteiger partial charge on any atom is 0.235 e. The average molecular weight is 173 g/mol. The fourth-order valence-corrected chi connectivity index (χ4v) is 2.02. The summed E-state index contributed by atoms with van der Waals surface area (Å²) in [5.41, 5.74) is 0. The van der Waals surface area contributed by atoms with Gasteiger partial charge in [-0.3, -0.25) is 9.59 Å². The number of carbonyl (C=O) groups is 2. The highest BCUT2D eigenvalue weighted by Crippen LogP contribution is 2.24. The number of nitrogens with one attached hydrogen (secondary N) is 1. The molecule has 0 saturated carbocycles. The van der Waals surface area contributed by atoms with Crippen molar-refractivity contribution in [1.82, 2.24) is 5.32 Å². The average Bonchev–Trinajstić information content (AvgIpc) is 1.95. The van der Waals surface area contributed by atoms with Crippen molar-refractivity contribution >= 4 is 22.8 Å². The van der Waals surface area contributed by atoms with E-state index in [2.05, 4.69) is 5.32 Å². The Kier molecular flexibility index (Phi) is 2.54. The molecule has 1 aliphatic heterocycles. The van der Waals surface area contributed by atoms with Gasteiger partial charge in [0.15, 0.2) is 5.12 Å². The van der Waals surface area contributed by atoms with E-state index in [-0.39, 0.29) is 22.3 Å². The Balaban J connectivity index is 2.42. The topological polar surface area (TPSA) is 46.2 Å². The molecule has 1 N–H and O–H groups in total. The Hall–Kier alpha value is -0.510. The number of β-lactam (4-membered cyclic amide) rings is 1. The summed E-state index contributed by atoms with van der Waals surface area (Å²) in [6.07, 6.45) is 0.899. The zero-order chi connectivity index (χ0) is 8.43. The number of thioether (sulfide) groups is 1. The highest BCUT2D eigenvalue weighted by molar-refractivity contribution is 8.14. The first-order valence-electron chi connectivity index (χ1n) is 3.62. The quantitative estimate of drug-likeness (QED) is 0.620. The van der Waals surface area contributed by atoms with Gasteiger partial charge in [-0.15, -0.1) is 0 Å². The van der Waals surface area contributed by atoms with Gasteiger partial charge in [0, 0.05) is 13.0 Å². The lowest BCUT2D eigenvalue weighted by molar-refractivity contribution is -0.127. The van der Waals surface area contributed by atoms with Gasteiger partial charge < -0.3 is 5.32 Å². The molecule has 0 aliphatic carbocycles. The van der Waals surface area contributed by atoms with E-state index in [1.54, 1.807) is 0 Å². The second-order valence-electron chi connectivity index (χ2n) is 2.55. The number of hydrogen-bond acceptors (Lipinski definition) is 3. The molecule has 11 heavy (non-hydrogen) atoms. The van der Waals surface area contributed by atoms with E-state index in [1.807, 2.05) is 6.92 Å². The van der Waals surface area contributed by atoms with Crippen LogP contribution in [-0.2, 0) is 9.59 Å². The highest BCUT2D eigenvalue weighted by Gasteiger charge is 2.39. The molecule has 1 amide bonds. The fraction of sp³-hybridized carbons (Fsp3) is 0.714. The van der Waals surface area contributed by atoms with Crippen LogP contribution in [0.15, 0.2) is 0 Å². The lowest BCUT2D eigenvalue weighted by Crippen LogP contribution is -2.60. The molecule has 0 aromatic rings. The van der Waals surface area contributed by atoms with Crippen molar-refractivity contribution in [3.8, 4) is 0 Å². The second kappa shape index (κ2) is 3.26. The van der Waals surface area contributed by atoms with Crippen LogP contribution in [0.1, 0.15) is 20.3 Å². The second-order valence-corrected chi connectivity index (χ2v) is 3.87. The maximum absolute atomic E-state index is 10.9. The standard InChI is InChI=1S/C7H11NO2S/c1-3-5-6(7(10)8-5)11-4(2)9/h5-6H,3H2,1-2H3,(H,8,10). The maximum atomic E-state index is 10.9. The van der Waals surface area contributed by atoms with Crippen molar-refractivity contribution in [1.29, 1.82) is 0 Å². The summed E-state index contributed by atoms with van der Waals surface area (Å²) in [7, 11) is 0. The molecule has 1 fully saturated rings. The third-order valence-electron chi connectivity index (χ3n) is 1.68. The summed E-state index contributed by atoms with van der Waals surface area (Å²) in [5, 5.41) is 2.63. The molecular formula is C7H11NO2S. The van der Waals surface area contributed by atoms with Crippen molar-refractivity contribution < 1.29 is 9.59 Å². The monoisotopic (exact) mass is 173 g/mol. The SMILES string of the molecule is CCC1NC(=O)C1SC(C)=O. The predicted octanol–water partition coefficient (Wildman–Crippen LogP) is 0.543. The van der Waals surface area contributed by atoms with Gasteiger partial charge >= 0.3 is 0 Å². The lowest BCUT2D eigenvalue weighted by Gasteiger charge is -2.34. The van der Waals surface area contributed by atoms with Crippen LogP contribution in [0, 0.1) is 0 Å². The Morgan fingerprint density at radius 1 is 1.73 bits per heavy atom. The Labute approximate surface area is 69.9 Å². The Morgan fingerprint density at radius 3 is 2.73 bits per heavy atom. The molecule has 0 bridgehead atoms. The summed E-state index contributed by atoms with van der Waals surface area (Å²) in [4.78, 5) is 21.5. The first-order chi connectivity index (χ1) is 5.15. The first kappa shape index (κ1) is 8.59. The van der Waals surface area contributed by atoms with Crippen LogP contribution in [0.5, 0.6) is 0 Å². The molecule has 1 heterocycles. The summed E-state index contributed by atoms with van der Waals surface area (Å²) >= 11 is 1.13. The van der Waals surface area contributed by atoms with Gasteiger partial charge in [0.05, 0.1) is 0 Å². The summed E-state index contributed by atoms with van der Waals surface area (Å²) in [6, 6.07) is 0.205. The van der Waals surface area contributed by atoms with Gasteiger partial charge in [-0.2, -0.15) is 0 Å². The molecule has 1 saturated heterocycles. The molecule has 4 heteroatoms. The lowest BCUT2D eigenvalue weighted by atomic mass is 10.0. The van der Waals surface area contributed by atoms with Gasteiger partial charge in [0.25, 0.3) is 0 Å². The summed E-state index contributed by atoms with van der Waals surface area (Å²) < 4.78 is 0. The number of carbonyl (C=O) groups excluding carboxylic acids is 2. The largest absolute Gasteiger partial charge is 0.351 e. The van der Waals surface area contributed by atoms with E-state index < -0.39 is 0 Å². The van der Waals surface area contributed by atoms with Crippen molar-refractivity contribution in [2.24, 2.45) is 0 Å². The van der Waals surface area contributed by atoms with Crippen LogP contribution in [0.4, 0.5) is 0 Å². The molecule has 3 nitrogen and oxygen atoms in total. The van der Waals surface area contributed by atoms with Gasteiger partial charge in [-0.1, -0.05) is 18.7 Å². The minimum absolute atomic E-state index is 0.00273. The van der Waals surface area contributed by atoms with E-state index in [0.717, 1.165) is 18.2 Å². The molecule has 0 aromatic heterocycles. The zero-order valence-electron chi connectivity index (χ0n) is 6.59. The molecule has 62 valence electrons. The van der Waals surface area contributed by atoms with Crippen LogP contribution < -0.4 is 5.32 Å². The molecule has 2 unspecified atom stereocenters. The van der Waals surface area contributed by atoms with Gasteiger partial charge in [0.2, 0.25) is 5.91 Å². The number of amides is 1. The molecule has 1 aliphatic rings. The van der Waals surface area contributed by atoms with E-state index in [0.29, 0.717) is 0 Å². The van der Waals surface area contributed by atoms with E-state index >= 15 is 0 Å². The summed E-state index contributed by atoms with van der Waals surface area (Å²) in [6.45, 7) is 3.49. The van der Waals surface area contributed by atoms with Gasteiger partial charge in [-0.05, 0) is 6.42 Å². The molecule has 2 atom stereocenters.